The molecule has 0 bridgehead atoms. The van der Waals surface area contributed by atoms with Crippen molar-refractivity contribution in [1.29, 1.82) is 0 Å². The molecule has 1 N–H and O–H groups in total. The molecule has 0 aromatic rings. The molecule has 0 radical (unpaired) electrons. The largest absolute Gasteiger partial charge is 0.464 e. The van der Waals surface area contributed by atoms with Gasteiger partial charge in [-0.3, -0.25) is 9.59 Å². The third-order valence-corrected chi connectivity index (χ3v) is 9.19. The minimum Gasteiger partial charge on any atom is -0.464 e. The summed E-state index contributed by atoms with van der Waals surface area (Å²) in [6.07, 6.45) is 12.5. The summed E-state index contributed by atoms with van der Waals surface area (Å²) < 4.78 is 5.32. The Morgan fingerprint density at radius 1 is 1.03 bits per heavy atom. The molecular formula is C31H49NO4S. The monoisotopic (exact) mass is 531 g/mol. The van der Waals surface area contributed by atoms with Crippen LogP contribution in [0.25, 0.3) is 0 Å². The van der Waals surface area contributed by atoms with E-state index in [-0.39, 0.29) is 51.5 Å². The highest BCUT2D eigenvalue weighted by atomic mass is 32.2. The maximum absolute atomic E-state index is 13.2. The van der Waals surface area contributed by atoms with Crippen molar-refractivity contribution in [3.05, 3.63) is 36.1 Å². The lowest BCUT2D eigenvalue weighted by Gasteiger charge is -2.39. The van der Waals surface area contributed by atoms with Gasteiger partial charge in [-0.1, -0.05) is 72.8 Å². The van der Waals surface area contributed by atoms with Gasteiger partial charge in [0.1, 0.15) is 11.8 Å². The van der Waals surface area contributed by atoms with E-state index in [1.165, 1.54) is 0 Å². The molecule has 208 valence electrons. The summed E-state index contributed by atoms with van der Waals surface area (Å²) in [5, 5.41) is 3.31. The highest BCUT2D eigenvalue weighted by Gasteiger charge is 2.40. The van der Waals surface area contributed by atoms with Gasteiger partial charge in [0, 0.05) is 41.0 Å². The Balaban J connectivity index is 2.04. The molecule has 0 aromatic heterocycles. The van der Waals surface area contributed by atoms with Crippen molar-refractivity contribution in [2.75, 3.05) is 12.4 Å². The van der Waals surface area contributed by atoms with E-state index in [0.29, 0.717) is 30.3 Å². The summed E-state index contributed by atoms with van der Waals surface area (Å²) in [6, 6.07) is -0.587. The molecule has 0 fully saturated rings. The smallest absolute Gasteiger partial charge is 0.329 e. The Kier molecular flexibility index (Phi) is 11.3. The quantitative estimate of drug-likeness (QED) is 0.175. The second kappa shape index (κ2) is 13.3. The summed E-state index contributed by atoms with van der Waals surface area (Å²) in [7, 11) is 0. The average molecular weight is 532 g/mol. The van der Waals surface area contributed by atoms with Gasteiger partial charge in [-0.25, -0.2) is 4.79 Å². The van der Waals surface area contributed by atoms with Gasteiger partial charge in [-0.15, -0.1) is 0 Å². The van der Waals surface area contributed by atoms with Gasteiger partial charge in [-0.05, 0) is 49.4 Å². The highest BCUT2D eigenvalue weighted by molar-refractivity contribution is 7.99. The van der Waals surface area contributed by atoms with Gasteiger partial charge >= 0.3 is 5.97 Å². The lowest BCUT2D eigenvalue weighted by molar-refractivity contribution is -0.144. The van der Waals surface area contributed by atoms with E-state index in [9.17, 15) is 14.4 Å². The minimum absolute atomic E-state index is 0.0111. The fourth-order valence-corrected chi connectivity index (χ4v) is 7.23. The Bertz CT molecular complexity index is 916. The van der Waals surface area contributed by atoms with Crippen molar-refractivity contribution in [2.24, 2.45) is 34.5 Å². The van der Waals surface area contributed by atoms with Crippen LogP contribution in [0, 0.1) is 34.5 Å². The van der Waals surface area contributed by atoms with E-state index >= 15 is 0 Å². The molecule has 5 unspecified atom stereocenters. The second-order valence-electron chi connectivity index (χ2n) is 12.4. The predicted octanol–water partition coefficient (Wildman–Crippen LogP) is 6.54. The fourth-order valence-electron chi connectivity index (χ4n) is 6.21. The molecular weight excluding hydrogens is 482 g/mol. The molecule has 0 aliphatic heterocycles. The fraction of sp³-hybridized carbons (Fsp3) is 0.710. The number of allylic oxidation sites excluding steroid dienone is 6. The molecule has 5 nitrogen and oxygen atoms in total. The maximum Gasteiger partial charge on any atom is 0.329 e. The van der Waals surface area contributed by atoms with E-state index < -0.39 is 6.04 Å². The third-order valence-electron chi connectivity index (χ3n) is 7.92. The number of carbonyl (C=O) groups is 3. The molecule has 6 atom stereocenters. The highest BCUT2D eigenvalue weighted by Crippen LogP contribution is 2.42. The standard InChI is InChI=1S/C31H49NO4S/c1-10-36-29(35)24(32-22(4)17-25(33)27-20(2)13-11-15-30(27,6)7)19-37-23(5)18-26(34)28-21(3)14-12-16-31(28,8)9/h11-14,17,20-21,23-24,27-28,32H,10,15-16,18-19H2,1-9H3/t20?,21?,23?,24-,27?,28?/m0/s1. The molecule has 0 saturated carbocycles. The van der Waals surface area contributed by atoms with E-state index in [1.54, 1.807) is 24.8 Å². The molecule has 0 saturated heterocycles. The van der Waals surface area contributed by atoms with E-state index in [4.69, 9.17) is 4.74 Å². The maximum atomic E-state index is 13.2. The molecule has 2 aliphatic rings. The van der Waals surface area contributed by atoms with Crippen LogP contribution in [0.3, 0.4) is 0 Å². The molecule has 0 heterocycles. The Morgan fingerprint density at radius 2 is 1.57 bits per heavy atom. The Labute approximate surface area is 229 Å². The lowest BCUT2D eigenvalue weighted by Crippen LogP contribution is -2.41. The van der Waals surface area contributed by atoms with Crippen molar-refractivity contribution in [3.8, 4) is 0 Å². The Hall–Kier alpha value is -1.82. The van der Waals surface area contributed by atoms with E-state index in [0.717, 1.165) is 12.8 Å². The topological polar surface area (TPSA) is 72.5 Å². The summed E-state index contributed by atoms with van der Waals surface area (Å²) >= 11 is 1.60. The number of hydrogen-bond donors (Lipinski definition) is 1. The van der Waals surface area contributed by atoms with Gasteiger partial charge in [0.05, 0.1) is 6.61 Å². The number of hydrogen-bond acceptors (Lipinski definition) is 6. The molecule has 0 spiro atoms. The molecule has 2 aliphatic carbocycles. The van der Waals surface area contributed by atoms with Crippen LogP contribution in [-0.4, -0.2) is 41.2 Å². The van der Waals surface area contributed by atoms with Gasteiger partial charge in [-0.2, -0.15) is 11.8 Å². The number of carbonyl (C=O) groups excluding carboxylic acids is 3. The predicted molar refractivity (Wildman–Crippen MR) is 154 cm³/mol. The number of Topliss-reactive ketones (excluding diaryl/α,β-unsaturated/α-hetero) is 1. The molecule has 0 amide bonds. The van der Waals surface area contributed by atoms with Crippen molar-refractivity contribution in [1.82, 2.24) is 5.32 Å². The zero-order valence-corrected chi connectivity index (χ0v) is 25.2. The van der Waals surface area contributed by atoms with Crippen LogP contribution < -0.4 is 5.32 Å². The van der Waals surface area contributed by atoms with Crippen LogP contribution in [-0.2, 0) is 19.1 Å². The van der Waals surface area contributed by atoms with Crippen LogP contribution in [0.4, 0.5) is 0 Å². The van der Waals surface area contributed by atoms with Crippen LogP contribution in [0.15, 0.2) is 36.1 Å². The summed E-state index contributed by atoms with van der Waals surface area (Å²) in [4.78, 5) is 39.2. The van der Waals surface area contributed by atoms with Crippen molar-refractivity contribution >= 4 is 29.3 Å². The van der Waals surface area contributed by atoms with Crippen LogP contribution in [0.2, 0.25) is 0 Å². The number of nitrogens with one attached hydrogen (secondary N) is 1. The molecule has 37 heavy (non-hydrogen) atoms. The first-order chi connectivity index (χ1) is 17.2. The van der Waals surface area contributed by atoms with Crippen molar-refractivity contribution in [3.63, 3.8) is 0 Å². The van der Waals surface area contributed by atoms with Gasteiger partial charge in [0.2, 0.25) is 0 Å². The normalized spacial score (nSPS) is 28.3. The van der Waals surface area contributed by atoms with Crippen molar-refractivity contribution in [2.45, 2.75) is 92.9 Å². The Morgan fingerprint density at radius 3 is 2.08 bits per heavy atom. The van der Waals surface area contributed by atoms with Crippen LogP contribution in [0.1, 0.15) is 81.6 Å². The lowest BCUT2D eigenvalue weighted by atomic mass is 9.65. The molecule has 0 aromatic carbocycles. The van der Waals surface area contributed by atoms with Gasteiger partial charge < -0.3 is 10.1 Å². The summed E-state index contributed by atoms with van der Waals surface area (Å²) in [5.74, 6) is 0.818. The number of ketones is 2. The summed E-state index contributed by atoms with van der Waals surface area (Å²) in [5.41, 5.74) is 0.509. The number of esters is 1. The minimum atomic E-state index is -0.587. The zero-order valence-electron chi connectivity index (χ0n) is 24.4. The third kappa shape index (κ3) is 8.59. The molecule has 6 heteroatoms. The molecule has 2 rings (SSSR count). The zero-order chi connectivity index (χ0) is 28.0. The average Bonchev–Trinajstić information content (AvgIpc) is 2.75. The second-order valence-corrected chi connectivity index (χ2v) is 13.9. The summed E-state index contributed by atoms with van der Waals surface area (Å²) in [6.45, 7) is 18.8. The van der Waals surface area contributed by atoms with Crippen molar-refractivity contribution < 1.29 is 19.1 Å². The van der Waals surface area contributed by atoms with Crippen LogP contribution in [0.5, 0.6) is 0 Å². The van der Waals surface area contributed by atoms with E-state index in [1.807, 2.05) is 13.8 Å². The number of ether oxygens (including phenoxy) is 1. The van der Waals surface area contributed by atoms with E-state index in [2.05, 4.69) is 71.2 Å². The van der Waals surface area contributed by atoms with Gasteiger partial charge in [0.25, 0.3) is 0 Å². The first kappa shape index (κ1) is 31.4. The first-order valence-electron chi connectivity index (χ1n) is 13.8. The van der Waals surface area contributed by atoms with Gasteiger partial charge in [0.15, 0.2) is 5.78 Å². The number of rotatable bonds is 12. The number of thioether (sulfide) groups is 1. The van der Waals surface area contributed by atoms with Crippen LogP contribution >= 0.6 is 11.8 Å². The first-order valence-corrected chi connectivity index (χ1v) is 14.9. The SMILES string of the molecule is CCOC(=O)[C@H](CSC(C)CC(=O)C1C(C)C=CCC1(C)C)NC(C)=CC(=O)C1C(C)C=CCC1(C)C.